The maximum absolute atomic E-state index is 10.4. The van der Waals surface area contributed by atoms with E-state index in [0.29, 0.717) is 12.4 Å². The summed E-state index contributed by atoms with van der Waals surface area (Å²) in [6.45, 7) is 2.39. The van der Waals surface area contributed by atoms with Gasteiger partial charge in [-0.05, 0) is 42.0 Å². The molecule has 2 aromatic carbocycles. The van der Waals surface area contributed by atoms with Gasteiger partial charge in [0.25, 0.3) is 0 Å². The Kier molecular flexibility index (Phi) is 4.20. The zero-order valence-corrected chi connectivity index (χ0v) is 14.6. The van der Waals surface area contributed by atoms with E-state index >= 15 is 0 Å². The second-order valence-corrected chi connectivity index (χ2v) is 5.50. The molecule has 4 rings (SSSR count). The van der Waals surface area contributed by atoms with Gasteiger partial charge in [-0.1, -0.05) is 6.07 Å². The van der Waals surface area contributed by atoms with E-state index in [0.717, 1.165) is 27.1 Å². The van der Waals surface area contributed by atoms with E-state index in [9.17, 15) is 10.2 Å². The Morgan fingerprint density at radius 3 is 2.54 bits per heavy atom. The summed E-state index contributed by atoms with van der Waals surface area (Å²) in [7, 11) is 0. The summed E-state index contributed by atoms with van der Waals surface area (Å²) in [5, 5.41) is 23.9. The van der Waals surface area contributed by atoms with Crippen LogP contribution in [0.1, 0.15) is 6.92 Å². The lowest BCUT2D eigenvalue weighted by molar-refractivity contribution is -0.509. The number of aromatic nitrogens is 1. The number of hydrogen-bond donors (Lipinski definition) is 2. The molecule has 24 heavy (non-hydrogen) atoms. The fourth-order valence-electron chi connectivity index (χ4n) is 2.98. The summed E-state index contributed by atoms with van der Waals surface area (Å²) in [5.74, 6) is 0.869. The number of pyridine rings is 2. The topological polar surface area (TPSA) is 53.8 Å². The molecule has 0 amide bonds. The van der Waals surface area contributed by atoms with Crippen molar-refractivity contribution >= 4 is 27.1 Å². The zero-order valence-electron chi connectivity index (χ0n) is 13.0. The Morgan fingerprint density at radius 2 is 1.75 bits per heavy atom. The first kappa shape index (κ1) is 16.3. The molecule has 0 aliphatic carbocycles. The van der Waals surface area contributed by atoms with Gasteiger partial charge in [0, 0.05) is 12.1 Å². The van der Waals surface area contributed by atoms with Crippen LogP contribution in [0.15, 0.2) is 54.9 Å². The number of rotatable bonds is 2. The highest BCUT2D eigenvalue weighted by atomic mass is 79.9. The van der Waals surface area contributed by atoms with Crippen LogP contribution in [0.3, 0.4) is 0 Å². The van der Waals surface area contributed by atoms with Crippen molar-refractivity contribution in [2.24, 2.45) is 0 Å². The number of hydrogen-bond acceptors (Lipinski definition) is 3. The van der Waals surface area contributed by atoms with Gasteiger partial charge in [0.2, 0.25) is 5.52 Å². The van der Waals surface area contributed by atoms with Crippen LogP contribution >= 0.6 is 0 Å². The van der Waals surface area contributed by atoms with Gasteiger partial charge >= 0.3 is 0 Å². The Morgan fingerprint density at radius 1 is 0.958 bits per heavy atom. The number of nitrogens with zero attached hydrogens (tertiary/aromatic N) is 1. The molecule has 0 atom stereocenters. The molecule has 4 nitrogen and oxygen atoms in total. The molecule has 2 N–H and O–H groups in total. The lowest BCUT2D eigenvalue weighted by Crippen LogP contribution is -3.00. The van der Waals surface area contributed by atoms with Gasteiger partial charge in [-0.2, -0.15) is 4.40 Å². The number of ether oxygens (including phenoxy) is 1. The predicted octanol–water partition coefficient (Wildman–Crippen LogP) is 0.546. The number of phenolic OH excluding ortho intramolecular Hbond substituents is 2. The van der Waals surface area contributed by atoms with Crippen molar-refractivity contribution in [3.63, 3.8) is 0 Å². The van der Waals surface area contributed by atoms with E-state index in [4.69, 9.17) is 4.74 Å². The molecular weight excluding hydrogens is 370 g/mol. The maximum atomic E-state index is 10.4. The van der Waals surface area contributed by atoms with Gasteiger partial charge in [-0.15, -0.1) is 0 Å². The van der Waals surface area contributed by atoms with Crippen LogP contribution in [0.2, 0.25) is 0 Å². The number of halogens is 1. The van der Waals surface area contributed by atoms with Crippen LogP contribution in [0, 0.1) is 0 Å². The molecule has 2 aromatic heterocycles. The van der Waals surface area contributed by atoms with Gasteiger partial charge in [-0.25, -0.2) is 0 Å². The molecule has 0 aliphatic rings. The third-order valence-corrected chi connectivity index (χ3v) is 4.08. The molecule has 0 unspecified atom stereocenters. The maximum Gasteiger partial charge on any atom is 0.219 e. The average Bonchev–Trinajstić information content (AvgIpc) is 2.56. The lowest BCUT2D eigenvalue weighted by atomic mass is 10.1. The second kappa shape index (κ2) is 6.17. The first-order chi connectivity index (χ1) is 11.2. The van der Waals surface area contributed by atoms with Gasteiger partial charge in [0.1, 0.15) is 5.75 Å². The monoisotopic (exact) mass is 385 g/mol. The predicted molar refractivity (Wildman–Crippen MR) is 89.1 cm³/mol. The number of aromatic hydroxyl groups is 2. The van der Waals surface area contributed by atoms with Crippen LogP contribution < -0.4 is 26.1 Å². The van der Waals surface area contributed by atoms with Crippen molar-refractivity contribution in [3.8, 4) is 17.2 Å². The van der Waals surface area contributed by atoms with Crippen LogP contribution in [0.25, 0.3) is 27.1 Å². The van der Waals surface area contributed by atoms with Crippen molar-refractivity contribution in [1.82, 2.24) is 0 Å². The largest absolute Gasteiger partial charge is 1.00 e. The smallest absolute Gasteiger partial charge is 0.219 e. The van der Waals surface area contributed by atoms with Crippen LogP contribution in [0.4, 0.5) is 0 Å². The molecule has 0 saturated heterocycles. The quantitative estimate of drug-likeness (QED) is 0.301. The summed E-state index contributed by atoms with van der Waals surface area (Å²) in [4.78, 5) is 0. The van der Waals surface area contributed by atoms with Crippen LogP contribution in [-0.2, 0) is 0 Å². The van der Waals surface area contributed by atoms with Crippen molar-refractivity contribution in [1.29, 1.82) is 0 Å². The molecule has 0 bridgehead atoms. The summed E-state index contributed by atoms with van der Waals surface area (Å²) in [5.41, 5.74) is 0.967. The van der Waals surface area contributed by atoms with E-state index in [2.05, 4.69) is 0 Å². The summed E-state index contributed by atoms with van der Waals surface area (Å²) >= 11 is 0. The van der Waals surface area contributed by atoms with E-state index in [1.54, 1.807) is 18.2 Å². The molecule has 122 valence electrons. The van der Waals surface area contributed by atoms with Crippen LogP contribution in [0.5, 0.6) is 17.2 Å². The Labute approximate surface area is 149 Å². The second-order valence-electron chi connectivity index (χ2n) is 5.50. The van der Waals surface area contributed by atoms with Gasteiger partial charge in [-0.3, -0.25) is 0 Å². The van der Waals surface area contributed by atoms with Crippen molar-refractivity contribution in [2.75, 3.05) is 6.61 Å². The zero-order chi connectivity index (χ0) is 16.0. The molecule has 0 spiro atoms. The van der Waals surface area contributed by atoms with E-state index in [-0.39, 0.29) is 28.5 Å². The molecular formula is C19H16BrNO3. The third kappa shape index (κ3) is 2.51. The molecule has 5 heteroatoms. The van der Waals surface area contributed by atoms with E-state index < -0.39 is 0 Å². The first-order valence-electron chi connectivity index (χ1n) is 7.52. The molecule has 0 fully saturated rings. The minimum Gasteiger partial charge on any atom is -1.00 e. The number of phenols is 2. The number of fused-ring (bicyclic) bond motifs is 4. The normalized spacial score (nSPS) is 10.9. The van der Waals surface area contributed by atoms with E-state index in [1.807, 2.05) is 48.0 Å². The van der Waals surface area contributed by atoms with Crippen molar-refractivity contribution in [2.45, 2.75) is 6.92 Å². The third-order valence-electron chi connectivity index (χ3n) is 4.08. The molecule has 2 heterocycles. The highest BCUT2D eigenvalue weighted by molar-refractivity contribution is 5.99. The minimum absolute atomic E-state index is 0. The van der Waals surface area contributed by atoms with Gasteiger partial charge < -0.3 is 31.9 Å². The number of benzene rings is 2. The Balaban J connectivity index is 0.00000169. The van der Waals surface area contributed by atoms with Crippen molar-refractivity contribution in [3.05, 3.63) is 54.9 Å². The van der Waals surface area contributed by atoms with Crippen LogP contribution in [-0.4, -0.2) is 16.8 Å². The molecule has 0 saturated carbocycles. The summed E-state index contributed by atoms with van der Waals surface area (Å²) in [6, 6.07) is 13.0. The van der Waals surface area contributed by atoms with Gasteiger partial charge in [0.15, 0.2) is 23.9 Å². The highest BCUT2D eigenvalue weighted by Crippen LogP contribution is 2.35. The highest BCUT2D eigenvalue weighted by Gasteiger charge is 2.15. The minimum atomic E-state index is 0. The fourth-order valence-corrected chi connectivity index (χ4v) is 2.98. The summed E-state index contributed by atoms with van der Waals surface area (Å²) in [6.07, 6.45) is 3.83. The molecule has 0 aliphatic heterocycles. The summed E-state index contributed by atoms with van der Waals surface area (Å²) < 4.78 is 7.39. The first-order valence-corrected chi connectivity index (χ1v) is 7.52. The Bertz CT molecular complexity index is 1060. The van der Waals surface area contributed by atoms with E-state index in [1.165, 1.54) is 0 Å². The lowest BCUT2D eigenvalue weighted by Gasteiger charge is -2.08. The SMILES string of the molecule is CCOc1ccc2cc3c4cc(O)ccc4cc[n+]3cc2c1O.[Br-]. The average molecular weight is 386 g/mol. The standard InChI is InChI=1S/C19H15NO3.BrH/c1-2-23-18-6-4-13-9-17-15-10-14(21)5-3-12(15)7-8-20(17)11-16(13)19(18)22;/h3-11,21H,2H2,1H3;1H. The van der Waals surface area contributed by atoms with Gasteiger partial charge in [0.05, 0.1) is 17.4 Å². The molecule has 0 radical (unpaired) electrons. The van der Waals surface area contributed by atoms with Crippen molar-refractivity contribution < 1.29 is 36.3 Å². The fraction of sp³-hybridized carbons (Fsp3) is 0.105. The Hall–Kier alpha value is -2.53. The molecule has 4 aromatic rings.